The molecule has 0 spiro atoms. The molecule has 4 nitrogen and oxygen atoms in total. The first kappa shape index (κ1) is 12.4. The first-order valence-electron chi connectivity index (χ1n) is 5.25. The molecular weight excluding hydrogens is 252 g/mol. The summed E-state index contributed by atoms with van der Waals surface area (Å²) in [6.45, 7) is 0. The highest BCUT2D eigenvalue weighted by Gasteiger charge is 2.04. The topological polar surface area (TPSA) is 52.6 Å². The molecule has 0 saturated heterocycles. The molecule has 0 aliphatic carbocycles. The van der Waals surface area contributed by atoms with Gasteiger partial charge in [0.1, 0.15) is 17.2 Å². The van der Waals surface area contributed by atoms with Crippen molar-refractivity contribution >= 4 is 10.1 Å². The third-order valence-electron chi connectivity index (χ3n) is 2.05. The highest BCUT2D eigenvalue weighted by Crippen LogP contribution is 2.23. The molecule has 18 heavy (non-hydrogen) atoms. The summed E-state index contributed by atoms with van der Waals surface area (Å²) in [6, 6.07) is 15.7. The van der Waals surface area contributed by atoms with Crippen LogP contribution in [0.3, 0.4) is 0 Å². The third-order valence-corrected chi connectivity index (χ3v) is 2.55. The average molecular weight is 264 g/mol. The molecule has 2 rings (SSSR count). The lowest BCUT2D eigenvalue weighted by Gasteiger charge is -2.06. The Morgan fingerprint density at radius 2 is 1.28 bits per heavy atom. The van der Waals surface area contributed by atoms with Crippen LogP contribution in [-0.2, 0) is 10.1 Å². The van der Waals surface area contributed by atoms with Crippen LogP contribution in [0.5, 0.6) is 17.2 Å². The third kappa shape index (κ3) is 3.78. The fourth-order valence-electron chi connectivity index (χ4n) is 1.36. The van der Waals surface area contributed by atoms with Crippen LogP contribution in [0.2, 0.25) is 0 Å². The van der Waals surface area contributed by atoms with Crippen LogP contribution in [0, 0.1) is 0 Å². The molecule has 2 aromatic carbocycles. The van der Waals surface area contributed by atoms with E-state index in [2.05, 4.69) is 0 Å². The molecular formula is C13H12O4S. The molecule has 0 aromatic heterocycles. The van der Waals surface area contributed by atoms with E-state index in [4.69, 9.17) is 8.92 Å². The predicted molar refractivity (Wildman–Crippen MR) is 68.4 cm³/mol. The van der Waals surface area contributed by atoms with Gasteiger partial charge >= 0.3 is 10.1 Å². The van der Waals surface area contributed by atoms with Gasteiger partial charge in [-0.25, -0.2) is 0 Å². The van der Waals surface area contributed by atoms with Gasteiger partial charge in [-0.2, -0.15) is 8.42 Å². The summed E-state index contributed by atoms with van der Waals surface area (Å²) in [5, 5.41) is 0. The van der Waals surface area contributed by atoms with Gasteiger partial charge in [-0.15, -0.1) is 0 Å². The Bertz CT molecular complexity index is 603. The van der Waals surface area contributed by atoms with E-state index >= 15 is 0 Å². The lowest BCUT2D eigenvalue weighted by Crippen LogP contribution is -2.05. The molecule has 0 unspecified atom stereocenters. The van der Waals surface area contributed by atoms with Crippen molar-refractivity contribution in [3.05, 3.63) is 54.6 Å². The van der Waals surface area contributed by atoms with Gasteiger partial charge < -0.3 is 8.92 Å². The van der Waals surface area contributed by atoms with Gasteiger partial charge in [0.25, 0.3) is 0 Å². The maximum absolute atomic E-state index is 10.9. The van der Waals surface area contributed by atoms with Crippen LogP contribution in [0.4, 0.5) is 0 Å². The van der Waals surface area contributed by atoms with Crippen LogP contribution in [0.1, 0.15) is 0 Å². The van der Waals surface area contributed by atoms with Crippen LogP contribution < -0.4 is 8.92 Å². The van der Waals surface area contributed by atoms with E-state index in [1.807, 2.05) is 30.3 Å². The van der Waals surface area contributed by atoms with Crippen molar-refractivity contribution < 1.29 is 17.3 Å². The average Bonchev–Trinajstić information content (AvgIpc) is 2.31. The van der Waals surface area contributed by atoms with Crippen molar-refractivity contribution in [1.82, 2.24) is 0 Å². The summed E-state index contributed by atoms with van der Waals surface area (Å²) in [7, 11) is -3.49. The normalized spacial score (nSPS) is 10.9. The monoisotopic (exact) mass is 264 g/mol. The summed E-state index contributed by atoms with van der Waals surface area (Å²) in [4.78, 5) is 0. The standard InChI is InChI=1S/C13H12O4S/c1-18(14,15)17-13-9-7-12(8-10-13)16-11-5-3-2-4-6-11/h2-10H,1H3. The van der Waals surface area contributed by atoms with Crippen molar-refractivity contribution in [3.63, 3.8) is 0 Å². The zero-order valence-electron chi connectivity index (χ0n) is 9.74. The van der Waals surface area contributed by atoms with Crippen molar-refractivity contribution in [2.45, 2.75) is 0 Å². The van der Waals surface area contributed by atoms with E-state index in [0.717, 1.165) is 6.26 Å². The summed E-state index contributed by atoms with van der Waals surface area (Å²) in [5.74, 6) is 1.59. The van der Waals surface area contributed by atoms with Crippen LogP contribution in [0.25, 0.3) is 0 Å². The number of ether oxygens (including phenoxy) is 1. The second kappa shape index (κ2) is 5.10. The van der Waals surface area contributed by atoms with E-state index in [0.29, 0.717) is 11.5 Å². The Morgan fingerprint density at radius 1 is 0.778 bits per heavy atom. The first-order chi connectivity index (χ1) is 8.53. The number of rotatable bonds is 4. The number of benzene rings is 2. The molecule has 0 atom stereocenters. The summed E-state index contributed by atoms with van der Waals surface area (Å²) < 4.78 is 32.1. The first-order valence-corrected chi connectivity index (χ1v) is 7.07. The number of hydrogen-bond acceptors (Lipinski definition) is 4. The zero-order valence-corrected chi connectivity index (χ0v) is 10.6. The minimum atomic E-state index is -3.49. The van der Waals surface area contributed by atoms with Crippen LogP contribution >= 0.6 is 0 Å². The Hall–Kier alpha value is -2.01. The molecule has 0 aliphatic rings. The molecule has 0 radical (unpaired) electrons. The largest absolute Gasteiger partial charge is 0.457 e. The van der Waals surface area contributed by atoms with Gasteiger partial charge in [0.2, 0.25) is 0 Å². The van der Waals surface area contributed by atoms with E-state index in [1.165, 1.54) is 0 Å². The molecule has 0 N–H and O–H groups in total. The van der Waals surface area contributed by atoms with Gasteiger partial charge in [-0.1, -0.05) is 18.2 Å². The molecule has 0 heterocycles. The Kier molecular flexibility index (Phi) is 3.53. The summed E-state index contributed by atoms with van der Waals surface area (Å²) in [6.07, 6.45) is 1.00. The molecule has 5 heteroatoms. The lowest BCUT2D eigenvalue weighted by molar-refractivity contribution is 0.476. The van der Waals surface area contributed by atoms with Crippen molar-refractivity contribution in [2.24, 2.45) is 0 Å². The maximum atomic E-state index is 10.9. The number of para-hydroxylation sites is 1. The van der Waals surface area contributed by atoms with E-state index in [9.17, 15) is 8.42 Å². The van der Waals surface area contributed by atoms with Crippen molar-refractivity contribution in [1.29, 1.82) is 0 Å². The molecule has 0 saturated carbocycles. The molecule has 2 aromatic rings. The minimum Gasteiger partial charge on any atom is -0.457 e. The zero-order chi connectivity index (χ0) is 13.0. The van der Waals surface area contributed by atoms with Gasteiger partial charge in [0.15, 0.2) is 0 Å². The highest BCUT2D eigenvalue weighted by molar-refractivity contribution is 7.86. The van der Waals surface area contributed by atoms with E-state index in [1.54, 1.807) is 24.3 Å². The lowest BCUT2D eigenvalue weighted by atomic mass is 10.3. The van der Waals surface area contributed by atoms with Gasteiger partial charge in [-0.3, -0.25) is 0 Å². The van der Waals surface area contributed by atoms with Gasteiger partial charge in [0, 0.05) is 0 Å². The van der Waals surface area contributed by atoms with Crippen LogP contribution in [-0.4, -0.2) is 14.7 Å². The quantitative estimate of drug-likeness (QED) is 0.797. The Labute approximate surface area is 106 Å². The second-order valence-electron chi connectivity index (χ2n) is 3.67. The second-order valence-corrected chi connectivity index (χ2v) is 5.25. The number of hydrogen-bond donors (Lipinski definition) is 0. The molecule has 0 aliphatic heterocycles. The predicted octanol–water partition coefficient (Wildman–Crippen LogP) is 2.82. The molecule has 0 amide bonds. The smallest absolute Gasteiger partial charge is 0.306 e. The fraction of sp³-hybridized carbons (Fsp3) is 0.0769. The Morgan fingerprint density at radius 3 is 1.83 bits per heavy atom. The minimum absolute atomic E-state index is 0.262. The van der Waals surface area contributed by atoms with Crippen molar-refractivity contribution in [3.8, 4) is 17.2 Å². The molecule has 0 fully saturated rings. The van der Waals surface area contributed by atoms with Crippen molar-refractivity contribution in [2.75, 3.05) is 6.26 Å². The Balaban J connectivity index is 2.09. The maximum Gasteiger partial charge on any atom is 0.306 e. The molecule has 0 bridgehead atoms. The fourth-order valence-corrected chi connectivity index (χ4v) is 1.82. The SMILES string of the molecule is CS(=O)(=O)Oc1ccc(Oc2ccccc2)cc1. The summed E-state index contributed by atoms with van der Waals surface area (Å²) >= 11 is 0. The van der Waals surface area contributed by atoms with E-state index < -0.39 is 10.1 Å². The molecule has 94 valence electrons. The summed E-state index contributed by atoms with van der Waals surface area (Å²) in [5.41, 5.74) is 0. The van der Waals surface area contributed by atoms with Gasteiger partial charge in [0.05, 0.1) is 6.26 Å². The van der Waals surface area contributed by atoms with Crippen LogP contribution in [0.15, 0.2) is 54.6 Å². The van der Waals surface area contributed by atoms with Gasteiger partial charge in [-0.05, 0) is 36.4 Å². The highest BCUT2D eigenvalue weighted by atomic mass is 32.2. The van der Waals surface area contributed by atoms with E-state index in [-0.39, 0.29) is 5.75 Å².